The number of morpholine rings is 1. The number of benzene rings is 1. The lowest BCUT2D eigenvalue weighted by Gasteiger charge is -2.37. The van der Waals surface area contributed by atoms with Gasteiger partial charge in [0, 0.05) is 29.1 Å². The third-order valence-corrected chi connectivity index (χ3v) is 3.73. The second-order valence-electron chi connectivity index (χ2n) is 4.57. The van der Waals surface area contributed by atoms with E-state index in [2.05, 4.69) is 52.9 Å². The molecule has 1 fully saturated rings. The van der Waals surface area contributed by atoms with Crippen LogP contribution in [0.4, 0.5) is 5.69 Å². The molecule has 2 unspecified atom stereocenters. The average Bonchev–Trinajstić information content (AvgIpc) is 2.27. The average molecular weight is 319 g/mol. The Labute approximate surface area is 116 Å². The summed E-state index contributed by atoms with van der Waals surface area (Å²) >= 11 is 9.50. The number of hydrogen-bond donors (Lipinski definition) is 0. The summed E-state index contributed by atoms with van der Waals surface area (Å²) in [5.74, 6) is 0.537. The van der Waals surface area contributed by atoms with Crippen LogP contribution in [-0.2, 0) is 10.6 Å². The fourth-order valence-corrected chi connectivity index (χ4v) is 2.97. The molecular formula is C13H17BrClNO. The van der Waals surface area contributed by atoms with Crippen LogP contribution in [0.3, 0.4) is 0 Å². The molecule has 2 rings (SSSR count). The number of halogens is 2. The molecule has 2 atom stereocenters. The number of rotatable bonds is 2. The van der Waals surface area contributed by atoms with Crippen molar-refractivity contribution in [2.75, 3.05) is 18.0 Å². The highest BCUT2D eigenvalue weighted by atomic mass is 79.9. The summed E-state index contributed by atoms with van der Waals surface area (Å²) in [4.78, 5) is 2.36. The minimum Gasteiger partial charge on any atom is -0.372 e. The first kappa shape index (κ1) is 13.2. The highest BCUT2D eigenvalue weighted by Crippen LogP contribution is 2.28. The van der Waals surface area contributed by atoms with Gasteiger partial charge in [0.25, 0.3) is 0 Å². The Morgan fingerprint density at radius 1 is 1.35 bits per heavy atom. The van der Waals surface area contributed by atoms with E-state index >= 15 is 0 Å². The second-order valence-corrected chi connectivity index (χ2v) is 5.75. The Morgan fingerprint density at radius 2 is 2.00 bits per heavy atom. The Bertz CT molecular complexity index is 389. The van der Waals surface area contributed by atoms with Gasteiger partial charge in [0.05, 0.1) is 12.2 Å². The van der Waals surface area contributed by atoms with Gasteiger partial charge >= 0.3 is 0 Å². The first-order valence-corrected chi connectivity index (χ1v) is 7.17. The van der Waals surface area contributed by atoms with E-state index in [1.54, 1.807) is 0 Å². The molecule has 0 spiro atoms. The molecule has 0 aromatic heterocycles. The highest BCUT2D eigenvalue weighted by molar-refractivity contribution is 9.10. The van der Waals surface area contributed by atoms with Gasteiger partial charge in [-0.05, 0) is 37.6 Å². The summed E-state index contributed by atoms with van der Waals surface area (Å²) in [6.45, 7) is 6.08. The van der Waals surface area contributed by atoms with Gasteiger partial charge in [0.1, 0.15) is 0 Å². The smallest absolute Gasteiger partial charge is 0.0726 e. The molecule has 1 aromatic rings. The van der Waals surface area contributed by atoms with Gasteiger partial charge in [-0.2, -0.15) is 0 Å². The van der Waals surface area contributed by atoms with Crippen LogP contribution in [0.15, 0.2) is 22.7 Å². The van der Waals surface area contributed by atoms with Gasteiger partial charge in [-0.3, -0.25) is 0 Å². The lowest BCUT2D eigenvalue weighted by molar-refractivity contribution is -0.00525. The van der Waals surface area contributed by atoms with Crippen LogP contribution in [-0.4, -0.2) is 25.3 Å². The molecule has 0 N–H and O–H groups in total. The van der Waals surface area contributed by atoms with Crippen molar-refractivity contribution >= 4 is 33.2 Å². The summed E-state index contributed by atoms with van der Waals surface area (Å²) in [5.41, 5.74) is 2.40. The molecule has 0 saturated carbocycles. The van der Waals surface area contributed by atoms with E-state index < -0.39 is 0 Å². The Balaban J connectivity index is 2.26. The fraction of sp³-hybridized carbons (Fsp3) is 0.538. The zero-order valence-corrected chi connectivity index (χ0v) is 12.5. The van der Waals surface area contributed by atoms with Gasteiger partial charge in [0.2, 0.25) is 0 Å². The number of anilines is 1. The zero-order valence-electron chi connectivity index (χ0n) is 10.1. The summed E-state index contributed by atoms with van der Waals surface area (Å²) in [6, 6.07) is 6.29. The van der Waals surface area contributed by atoms with Crippen molar-refractivity contribution in [1.82, 2.24) is 0 Å². The maximum absolute atomic E-state index is 6.02. The molecule has 1 aliphatic rings. The van der Waals surface area contributed by atoms with Crippen molar-refractivity contribution < 1.29 is 4.74 Å². The molecule has 1 aliphatic heterocycles. The monoisotopic (exact) mass is 317 g/mol. The summed E-state index contributed by atoms with van der Waals surface area (Å²) in [7, 11) is 0. The van der Waals surface area contributed by atoms with Gasteiger partial charge in [-0.25, -0.2) is 0 Å². The van der Waals surface area contributed by atoms with Crippen LogP contribution in [0.25, 0.3) is 0 Å². The van der Waals surface area contributed by atoms with Crippen molar-refractivity contribution in [3.63, 3.8) is 0 Å². The molecule has 1 aromatic carbocycles. The maximum atomic E-state index is 6.02. The largest absolute Gasteiger partial charge is 0.372 e. The van der Waals surface area contributed by atoms with Crippen molar-refractivity contribution in [3.05, 3.63) is 28.2 Å². The van der Waals surface area contributed by atoms with Crippen LogP contribution >= 0.6 is 27.5 Å². The molecule has 0 radical (unpaired) electrons. The van der Waals surface area contributed by atoms with Crippen LogP contribution in [0.2, 0.25) is 0 Å². The highest BCUT2D eigenvalue weighted by Gasteiger charge is 2.23. The third kappa shape index (κ3) is 3.15. The topological polar surface area (TPSA) is 12.5 Å². The van der Waals surface area contributed by atoms with E-state index in [-0.39, 0.29) is 12.2 Å². The lowest BCUT2D eigenvalue weighted by Crippen LogP contribution is -2.45. The van der Waals surface area contributed by atoms with Crippen molar-refractivity contribution in [2.24, 2.45) is 0 Å². The normalized spacial score (nSPS) is 25.1. The van der Waals surface area contributed by atoms with E-state index in [1.165, 1.54) is 11.3 Å². The van der Waals surface area contributed by atoms with Crippen LogP contribution in [0.1, 0.15) is 19.4 Å². The molecule has 4 heteroatoms. The second kappa shape index (κ2) is 5.59. The lowest BCUT2D eigenvalue weighted by atomic mass is 10.1. The molecule has 0 bridgehead atoms. The van der Waals surface area contributed by atoms with Gasteiger partial charge in [-0.1, -0.05) is 15.9 Å². The van der Waals surface area contributed by atoms with E-state index in [0.29, 0.717) is 5.88 Å². The third-order valence-electron chi connectivity index (χ3n) is 2.95. The minimum absolute atomic E-state index is 0.269. The van der Waals surface area contributed by atoms with Crippen LogP contribution in [0, 0.1) is 0 Å². The predicted octanol–water partition coefficient (Wildman–Crippen LogP) is 3.80. The number of alkyl halides is 1. The molecule has 0 aliphatic carbocycles. The zero-order chi connectivity index (χ0) is 12.4. The SMILES string of the molecule is CC1CN(c2ccc(Br)cc2CCl)CC(C)O1. The number of ether oxygens (including phenoxy) is 1. The number of hydrogen-bond acceptors (Lipinski definition) is 2. The predicted molar refractivity (Wildman–Crippen MR) is 75.9 cm³/mol. The Hall–Kier alpha value is -0.250. The van der Waals surface area contributed by atoms with Crippen molar-refractivity contribution in [3.8, 4) is 0 Å². The quantitative estimate of drug-likeness (QED) is 0.769. The van der Waals surface area contributed by atoms with Crippen molar-refractivity contribution in [2.45, 2.75) is 31.9 Å². The maximum Gasteiger partial charge on any atom is 0.0726 e. The van der Waals surface area contributed by atoms with Gasteiger partial charge < -0.3 is 9.64 Å². The standard InChI is InChI=1S/C13H17BrClNO/c1-9-7-16(8-10(2)17-9)13-4-3-12(14)5-11(13)6-15/h3-5,9-10H,6-8H2,1-2H3. The van der Waals surface area contributed by atoms with E-state index in [0.717, 1.165) is 17.6 Å². The van der Waals surface area contributed by atoms with Gasteiger partial charge in [-0.15, -0.1) is 11.6 Å². The summed E-state index contributed by atoms with van der Waals surface area (Å²) in [6.07, 6.45) is 0.538. The molecular weight excluding hydrogens is 302 g/mol. The molecule has 1 saturated heterocycles. The minimum atomic E-state index is 0.269. The van der Waals surface area contributed by atoms with E-state index in [1.807, 2.05) is 0 Å². The Morgan fingerprint density at radius 3 is 2.59 bits per heavy atom. The summed E-state index contributed by atoms with van der Waals surface area (Å²) < 4.78 is 6.83. The first-order valence-electron chi connectivity index (χ1n) is 5.85. The Kier molecular flexibility index (Phi) is 4.34. The summed E-state index contributed by atoms with van der Waals surface area (Å²) in [5, 5.41) is 0. The van der Waals surface area contributed by atoms with Crippen molar-refractivity contribution in [1.29, 1.82) is 0 Å². The molecule has 17 heavy (non-hydrogen) atoms. The molecule has 94 valence electrons. The van der Waals surface area contributed by atoms with E-state index in [4.69, 9.17) is 16.3 Å². The van der Waals surface area contributed by atoms with E-state index in [9.17, 15) is 0 Å². The first-order chi connectivity index (χ1) is 8.10. The van der Waals surface area contributed by atoms with Crippen LogP contribution in [0.5, 0.6) is 0 Å². The number of nitrogens with zero attached hydrogens (tertiary/aromatic N) is 1. The van der Waals surface area contributed by atoms with Gasteiger partial charge in [0.15, 0.2) is 0 Å². The van der Waals surface area contributed by atoms with Crippen LogP contribution < -0.4 is 4.90 Å². The fourth-order valence-electron chi connectivity index (χ4n) is 2.34. The molecule has 1 heterocycles. The molecule has 0 amide bonds. The molecule has 2 nitrogen and oxygen atoms in total.